The first-order valence-corrected chi connectivity index (χ1v) is 5.70. The maximum absolute atomic E-state index is 11.7. The summed E-state index contributed by atoms with van der Waals surface area (Å²) in [6.45, 7) is 6.40. The molecule has 0 bridgehead atoms. The molecule has 1 rings (SSSR count). The van der Waals surface area contributed by atoms with Crippen molar-refractivity contribution in [3.05, 3.63) is 23.2 Å². The predicted molar refractivity (Wildman–Crippen MR) is 72.5 cm³/mol. The monoisotopic (exact) mass is 276 g/mol. The molecule has 1 aromatic heterocycles. The highest BCUT2D eigenvalue weighted by Gasteiger charge is 2.12. The van der Waals surface area contributed by atoms with E-state index in [1.54, 1.807) is 20.1 Å². The van der Waals surface area contributed by atoms with E-state index in [1.807, 2.05) is 6.92 Å². The van der Waals surface area contributed by atoms with Crippen LogP contribution in [-0.4, -0.2) is 39.3 Å². The van der Waals surface area contributed by atoms with Gasteiger partial charge in [-0.15, -0.1) is 12.4 Å². The number of aryl methyl sites for hydroxylation is 2. The first kappa shape index (κ1) is 17.0. The summed E-state index contributed by atoms with van der Waals surface area (Å²) in [6.07, 6.45) is 0. The zero-order chi connectivity index (χ0) is 12.7. The summed E-state index contributed by atoms with van der Waals surface area (Å²) in [5.74, 6) is 1.33. The standard InChI is InChI=1S/C12H20N2O3.ClH/c1-9-8-11(10(2)17-9)12(15)14-5-4-13-6-7-16-3;/h8,13H,4-7H2,1-3H3,(H,14,15);1H. The topological polar surface area (TPSA) is 63.5 Å². The van der Waals surface area contributed by atoms with Gasteiger partial charge in [-0.05, 0) is 19.9 Å². The van der Waals surface area contributed by atoms with Crippen LogP contribution in [0.3, 0.4) is 0 Å². The van der Waals surface area contributed by atoms with E-state index >= 15 is 0 Å². The maximum atomic E-state index is 11.7. The number of methoxy groups -OCH3 is 1. The summed E-state index contributed by atoms with van der Waals surface area (Å²) in [5, 5.41) is 5.98. The molecule has 0 aliphatic rings. The van der Waals surface area contributed by atoms with Crippen LogP contribution in [0.5, 0.6) is 0 Å². The van der Waals surface area contributed by atoms with Gasteiger partial charge in [0.05, 0.1) is 12.2 Å². The number of carbonyl (C=O) groups is 1. The van der Waals surface area contributed by atoms with Crippen molar-refractivity contribution >= 4 is 18.3 Å². The fraction of sp³-hybridized carbons (Fsp3) is 0.583. The van der Waals surface area contributed by atoms with Crippen molar-refractivity contribution in [2.45, 2.75) is 13.8 Å². The van der Waals surface area contributed by atoms with Crippen LogP contribution >= 0.6 is 12.4 Å². The van der Waals surface area contributed by atoms with Crippen LogP contribution in [0, 0.1) is 13.8 Å². The molecule has 1 amide bonds. The molecule has 0 saturated carbocycles. The number of rotatable bonds is 7. The average molecular weight is 277 g/mol. The number of furan rings is 1. The van der Waals surface area contributed by atoms with Gasteiger partial charge in [0.2, 0.25) is 0 Å². The lowest BCUT2D eigenvalue weighted by atomic mass is 10.2. The largest absolute Gasteiger partial charge is 0.466 e. The molecular formula is C12H21ClN2O3. The van der Waals surface area contributed by atoms with Crippen LogP contribution in [0.1, 0.15) is 21.9 Å². The molecule has 0 radical (unpaired) electrons. The highest BCUT2D eigenvalue weighted by atomic mass is 35.5. The van der Waals surface area contributed by atoms with E-state index < -0.39 is 0 Å². The molecule has 0 spiro atoms. The van der Waals surface area contributed by atoms with E-state index in [-0.39, 0.29) is 18.3 Å². The van der Waals surface area contributed by atoms with Crippen molar-refractivity contribution in [1.82, 2.24) is 10.6 Å². The van der Waals surface area contributed by atoms with Gasteiger partial charge in [0.25, 0.3) is 5.91 Å². The Hall–Kier alpha value is -1.04. The third-order valence-electron chi connectivity index (χ3n) is 2.36. The van der Waals surface area contributed by atoms with Gasteiger partial charge in [0, 0.05) is 26.7 Å². The normalized spacial score (nSPS) is 9.94. The van der Waals surface area contributed by atoms with Crippen molar-refractivity contribution in [3.8, 4) is 0 Å². The Morgan fingerprint density at radius 2 is 2.06 bits per heavy atom. The lowest BCUT2D eigenvalue weighted by molar-refractivity contribution is 0.0952. The predicted octanol–water partition coefficient (Wildman–Crippen LogP) is 1.28. The molecule has 0 fully saturated rings. The summed E-state index contributed by atoms with van der Waals surface area (Å²) in [6, 6.07) is 1.75. The SMILES string of the molecule is COCCNCCNC(=O)c1cc(C)oc1C.Cl. The minimum Gasteiger partial charge on any atom is -0.466 e. The average Bonchev–Trinajstić information content (AvgIpc) is 2.62. The number of amides is 1. The van der Waals surface area contributed by atoms with Crippen LogP contribution in [0.4, 0.5) is 0 Å². The smallest absolute Gasteiger partial charge is 0.254 e. The van der Waals surface area contributed by atoms with Crippen molar-refractivity contribution in [1.29, 1.82) is 0 Å². The third-order valence-corrected chi connectivity index (χ3v) is 2.36. The summed E-state index contributed by atoms with van der Waals surface area (Å²) >= 11 is 0. The molecule has 104 valence electrons. The fourth-order valence-electron chi connectivity index (χ4n) is 1.52. The van der Waals surface area contributed by atoms with E-state index in [0.29, 0.717) is 24.5 Å². The van der Waals surface area contributed by atoms with Crippen LogP contribution in [-0.2, 0) is 4.74 Å². The van der Waals surface area contributed by atoms with E-state index in [2.05, 4.69) is 10.6 Å². The zero-order valence-corrected chi connectivity index (χ0v) is 11.9. The van der Waals surface area contributed by atoms with Crippen LogP contribution < -0.4 is 10.6 Å². The molecule has 6 heteroatoms. The van der Waals surface area contributed by atoms with Gasteiger partial charge in [0.15, 0.2) is 0 Å². The van der Waals surface area contributed by atoms with Gasteiger partial charge >= 0.3 is 0 Å². The highest BCUT2D eigenvalue weighted by Crippen LogP contribution is 2.12. The van der Waals surface area contributed by atoms with Gasteiger partial charge in [-0.1, -0.05) is 0 Å². The Morgan fingerprint density at radius 3 is 2.61 bits per heavy atom. The molecule has 0 unspecified atom stereocenters. The first-order valence-electron chi connectivity index (χ1n) is 5.70. The summed E-state index contributed by atoms with van der Waals surface area (Å²) in [4.78, 5) is 11.7. The van der Waals surface area contributed by atoms with E-state index in [9.17, 15) is 4.79 Å². The Labute approximate surface area is 114 Å². The molecule has 1 aromatic rings. The molecule has 0 aliphatic carbocycles. The number of ether oxygens (including phenoxy) is 1. The molecular weight excluding hydrogens is 256 g/mol. The molecule has 0 saturated heterocycles. The molecule has 18 heavy (non-hydrogen) atoms. The molecule has 2 N–H and O–H groups in total. The van der Waals surface area contributed by atoms with Gasteiger partial charge in [-0.25, -0.2) is 0 Å². The number of hydrogen-bond donors (Lipinski definition) is 2. The van der Waals surface area contributed by atoms with E-state index in [4.69, 9.17) is 9.15 Å². The van der Waals surface area contributed by atoms with Crippen LogP contribution in [0.2, 0.25) is 0 Å². The van der Waals surface area contributed by atoms with Crippen LogP contribution in [0.25, 0.3) is 0 Å². The molecule has 1 heterocycles. The molecule has 0 aliphatic heterocycles. The lowest BCUT2D eigenvalue weighted by Gasteiger charge is -2.05. The molecule has 0 aromatic carbocycles. The Kier molecular flexibility index (Phi) is 8.45. The van der Waals surface area contributed by atoms with Crippen molar-refractivity contribution in [2.75, 3.05) is 33.4 Å². The number of halogens is 1. The third kappa shape index (κ3) is 5.53. The second-order valence-electron chi connectivity index (χ2n) is 3.83. The molecule has 5 nitrogen and oxygen atoms in total. The second-order valence-corrected chi connectivity index (χ2v) is 3.83. The lowest BCUT2D eigenvalue weighted by Crippen LogP contribution is -2.33. The summed E-state index contributed by atoms with van der Waals surface area (Å²) < 4.78 is 10.2. The van der Waals surface area contributed by atoms with Crippen molar-refractivity contribution in [2.24, 2.45) is 0 Å². The van der Waals surface area contributed by atoms with Gasteiger partial charge in [-0.3, -0.25) is 4.79 Å². The van der Waals surface area contributed by atoms with Crippen LogP contribution in [0.15, 0.2) is 10.5 Å². The minimum absolute atomic E-state index is 0. The second kappa shape index (κ2) is 8.97. The number of carbonyl (C=O) groups excluding carboxylic acids is 1. The fourth-order valence-corrected chi connectivity index (χ4v) is 1.52. The van der Waals surface area contributed by atoms with E-state index in [0.717, 1.165) is 18.8 Å². The minimum atomic E-state index is -0.0899. The van der Waals surface area contributed by atoms with Crippen molar-refractivity contribution in [3.63, 3.8) is 0 Å². The van der Waals surface area contributed by atoms with Gasteiger partial charge < -0.3 is 19.8 Å². The Bertz CT molecular complexity index is 366. The van der Waals surface area contributed by atoms with Gasteiger partial charge in [0.1, 0.15) is 11.5 Å². The zero-order valence-electron chi connectivity index (χ0n) is 11.0. The Morgan fingerprint density at radius 1 is 1.33 bits per heavy atom. The highest BCUT2D eigenvalue weighted by molar-refractivity contribution is 5.95. The number of nitrogens with one attached hydrogen (secondary N) is 2. The maximum Gasteiger partial charge on any atom is 0.254 e. The van der Waals surface area contributed by atoms with Crippen molar-refractivity contribution < 1.29 is 13.9 Å². The molecule has 0 atom stereocenters. The number of hydrogen-bond acceptors (Lipinski definition) is 4. The first-order chi connectivity index (χ1) is 8.15. The Balaban J connectivity index is 0.00000289. The summed E-state index contributed by atoms with van der Waals surface area (Å²) in [7, 11) is 1.66. The summed E-state index contributed by atoms with van der Waals surface area (Å²) in [5.41, 5.74) is 0.611. The van der Waals surface area contributed by atoms with Gasteiger partial charge in [-0.2, -0.15) is 0 Å². The quantitative estimate of drug-likeness (QED) is 0.737. The van der Waals surface area contributed by atoms with E-state index in [1.165, 1.54) is 0 Å².